The molecular weight excluding hydrogens is 316 g/mol. The third kappa shape index (κ3) is 4.42. The summed E-state index contributed by atoms with van der Waals surface area (Å²) in [7, 11) is 4.51. The van der Waals surface area contributed by atoms with Crippen molar-refractivity contribution in [3.8, 4) is 17.2 Å². The van der Waals surface area contributed by atoms with Crippen molar-refractivity contribution in [1.82, 2.24) is 5.32 Å². The summed E-state index contributed by atoms with van der Waals surface area (Å²) in [5, 5.41) is 15.7. The molecule has 1 heterocycles. The fourth-order valence-corrected chi connectivity index (χ4v) is 2.50. The molecule has 1 aromatic carbocycles. The molecule has 0 unspecified atom stereocenters. The maximum absolute atomic E-state index is 12.1. The first-order valence-corrected chi connectivity index (χ1v) is 7.66. The Morgan fingerprint density at radius 2 is 1.75 bits per heavy atom. The second-order valence-electron chi connectivity index (χ2n) is 5.56. The van der Waals surface area contributed by atoms with Crippen LogP contribution in [-0.2, 0) is 4.74 Å². The minimum absolute atomic E-state index is 0.159. The Bertz CT molecular complexity index is 547. The standard InChI is InChI=1S/C16H24N2O6/c1-21-12-8-11(9-13(22-2)14(12)23-3)18-15(19)17-10-16(20)4-6-24-7-5-16/h8-9,20H,4-7,10H2,1-3H3,(H2,17,18,19). The molecule has 0 radical (unpaired) electrons. The number of aliphatic hydroxyl groups is 1. The van der Waals surface area contributed by atoms with Crippen LogP contribution in [0.4, 0.5) is 10.5 Å². The summed E-state index contributed by atoms with van der Waals surface area (Å²) >= 11 is 0. The molecule has 0 spiro atoms. The maximum atomic E-state index is 12.1. The summed E-state index contributed by atoms with van der Waals surface area (Å²) in [6.07, 6.45) is 0.995. The smallest absolute Gasteiger partial charge is 0.319 e. The van der Waals surface area contributed by atoms with Crippen LogP contribution in [0.15, 0.2) is 12.1 Å². The number of hydrogen-bond acceptors (Lipinski definition) is 6. The van der Waals surface area contributed by atoms with Crippen molar-refractivity contribution in [3.05, 3.63) is 12.1 Å². The van der Waals surface area contributed by atoms with E-state index in [2.05, 4.69) is 10.6 Å². The zero-order valence-corrected chi connectivity index (χ0v) is 14.2. The van der Waals surface area contributed by atoms with E-state index in [-0.39, 0.29) is 6.54 Å². The Morgan fingerprint density at radius 1 is 1.17 bits per heavy atom. The number of nitrogens with one attached hydrogen (secondary N) is 2. The van der Waals surface area contributed by atoms with Crippen LogP contribution in [0.3, 0.4) is 0 Å². The minimum Gasteiger partial charge on any atom is -0.493 e. The van der Waals surface area contributed by atoms with Gasteiger partial charge in [0.2, 0.25) is 5.75 Å². The molecule has 0 atom stereocenters. The van der Waals surface area contributed by atoms with Gasteiger partial charge in [0, 0.05) is 44.7 Å². The van der Waals surface area contributed by atoms with Gasteiger partial charge in [0.15, 0.2) is 11.5 Å². The number of amides is 2. The van der Waals surface area contributed by atoms with Gasteiger partial charge in [-0.2, -0.15) is 0 Å². The van der Waals surface area contributed by atoms with Crippen molar-refractivity contribution < 1.29 is 28.8 Å². The van der Waals surface area contributed by atoms with E-state index < -0.39 is 11.6 Å². The highest BCUT2D eigenvalue weighted by molar-refractivity contribution is 5.90. The van der Waals surface area contributed by atoms with Gasteiger partial charge in [-0.1, -0.05) is 0 Å². The van der Waals surface area contributed by atoms with E-state index >= 15 is 0 Å². The lowest BCUT2D eigenvalue weighted by Gasteiger charge is -2.32. The second-order valence-corrected chi connectivity index (χ2v) is 5.56. The lowest BCUT2D eigenvalue weighted by molar-refractivity contribution is -0.0598. The van der Waals surface area contributed by atoms with Crippen molar-refractivity contribution in [2.75, 3.05) is 46.4 Å². The van der Waals surface area contributed by atoms with Gasteiger partial charge in [0.1, 0.15) is 0 Å². The molecule has 1 saturated heterocycles. The number of methoxy groups -OCH3 is 3. The third-order valence-electron chi connectivity index (χ3n) is 3.92. The van der Waals surface area contributed by atoms with Gasteiger partial charge in [0.05, 0.1) is 32.6 Å². The van der Waals surface area contributed by atoms with Gasteiger partial charge in [-0.3, -0.25) is 0 Å². The SMILES string of the molecule is COc1cc(NC(=O)NCC2(O)CCOCC2)cc(OC)c1OC. The van der Waals surface area contributed by atoms with Gasteiger partial charge in [-0.05, 0) is 0 Å². The van der Waals surface area contributed by atoms with Crippen LogP contribution < -0.4 is 24.8 Å². The molecule has 8 heteroatoms. The van der Waals surface area contributed by atoms with Crippen molar-refractivity contribution >= 4 is 11.7 Å². The van der Waals surface area contributed by atoms with Crippen LogP contribution in [0.2, 0.25) is 0 Å². The number of anilines is 1. The summed E-state index contributed by atoms with van der Waals surface area (Å²) in [6, 6.07) is 2.83. The molecule has 1 aromatic rings. The molecule has 1 aliphatic rings. The van der Waals surface area contributed by atoms with Crippen LogP contribution in [0.5, 0.6) is 17.2 Å². The summed E-state index contributed by atoms with van der Waals surface area (Å²) < 4.78 is 20.9. The number of ether oxygens (including phenoxy) is 4. The van der Waals surface area contributed by atoms with E-state index in [1.165, 1.54) is 21.3 Å². The van der Waals surface area contributed by atoms with E-state index in [0.717, 1.165) is 0 Å². The Kier molecular flexibility index (Phi) is 6.10. The molecular formula is C16H24N2O6. The van der Waals surface area contributed by atoms with Gasteiger partial charge in [-0.15, -0.1) is 0 Å². The Labute approximate surface area is 141 Å². The number of benzene rings is 1. The van der Waals surface area contributed by atoms with Crippen molar-refractivity contribution in [2.45, 2.75) is 18.4 Å². The molecule has 2 rings (SSSR count). The summed E-state index contributed by atoms with van der Waals surface area (Å²) in [5.41, 5.74) is -0.439. The first-order valence-electron chi connectivity index (χ1n) is 7.66. The molecule has 1 aliphatic heterocycles. The molecule has 0 bridgehead atoms. The largest absolute Gasteiger partial charge is 0.493 e. The van der Waals surface area contributed by atoms with E-state index in [1.807, 2.05) is 0 Å². The lowest BCUT2D eigenvalue weighted by Crippen LogP contribution is -2.47. The minimum atomic E-state index is -0.926. The average molecular weight is 340 g/mol. The van der Waals surface area contributed by atoms with E-state index in [1.54, 1.807) is 12.1 Å². The summed E-state index contributed by atoms with van der Waals surface area (Å²) in [4.78, 5) is 12.1. The van der Waals surface area contributed by atoms with Crippen LogP contribution in [0.25, 0.3) is 0 Å². The molecule has 134 valence electrons. The van der Waals surface area contributed by atoms with E-state index in [4.69, 9.17) is 18.9 Å². The van der Waals surface area contributed by atoms with Crippen molar-refractivity contribution in [3.63, 3.8) is 0 Å². The maximum Gasteiger partial charge on any atom is 0.319 e. The summed E-state index contributed by atoms with van der Waals surface area (Å²) in [5.74, 6) is 1.33. The molecule has 0 saturated carbocycles. The number of rotatable bonds is 6. The average Bonchev–Trinajstić information content (AvgIpc) is 2.59. The molecule has 3 N–H and O–H groups in total. The highest BCUT2D eigenvalue weighted by Crippen LogP contribution is 2.39. The number of carbonyl (C=O) groups is 1. The fraction of sp³-hybridized carbons (Fsp3) is 0.562. The Hall–Kier alpha value is -2.19. The van der Waals surface area contributed by atoms with Crippen LogP contribution in [0.1, 0.15) is 12.8 Å². The van der Waals surface area contributed by atoms with E-state index in [9.17, 15) is 9.90 Å². The van der Waals surface area contributed by atoms with Crippen LogP contribution >= 0.6 is 0 Å². The zero-order chi connectivity index (χ0) is 17.6. The number of hydrogen-bond donors (Lipinski definition) is 3. The first-order chi connectivity index (χ1) is 11.5. The molecule has 2 amide bonds. The number of urea groups is 1. The predicted octanol–water partition coefficient (Wildman–Crippen LogP) is 1.38. The lowest BCUT2D eigenvalue weighted by atomic mass is 9.94. The topological polar surface area (TPSA) is 98.3 Å². The highest BCUT2D eigenvalue weighted by Gasteiger charge is 2.30. The van der Waals surface area contributed by atoms with Crippen molar-refractivity contribution in [1.29, 1.82) is 0 Å². The fourth-order valence-electron chi connectivity index (χ4n) is 2.50. The number of carbonyl (C=O) groups excluding carboxylic acids is 1. The normalized spacial score (nSPS) is 16.2. The van der Waals surface area contributed by atoms with Crippen LogP contribution in [0, 0.1) is 0 Å². The summed E-state index contributed by atoms with van der Waals surface area (Å²) in [6.45, 7) is 1.14. The molecule has 24 heavy (non-hydrogen) atoms. The van der Waals surface area contributed by atoms with Gasteiger partial charge >= 0.3 is 6.03 Å². The van der Waals surface area contributed by atoms with Gasteiger partial charge in [-0.25, -0.2) is 4.79 Å². The monoisotopic (exact) mass is 340 g/mol. The van der Waals surface area contributed by atoms with Crippen LogP contribution in [-0.4, -0.2) is 57.8 Å². The Morgan fingerprint density at radius 3 is 2.25 bits per heavy atom. The van der Waals surface area contributed by atoms with Gasteiger partial charge < -0.3 is 34.7 Å². The van der Waals surface area contributed by atoms with E-state index in [0.29, 0.717) is 49.0 Å². The molecule has 0 aromatic heterocycles. The zero-order valence-electron chi connectivity index (χ0n) is 14.2. The second kappa shape index (κ2) is 8.07. The van der Waals surface area contributed by atoms with Gasteiger partial charge in [0.25, 0.3) is 0 Å². The first kappa shape index (κ1) is 18.2. The molecule has 8 nitrogen and oxygen atoms in total. The highest BCUT2D eigenvalue weighted by atomic mass is 16.5. The quantitative estimate of drug-likeness (QED) is 0.724. The van der Waals surface area contributed by atoms with Crippen molar-refractivity contribution in [2.24, 2.45) is 0 Å². The predicted molar refractivity (Wildman–Crippen MR) is 88.1 cm³/mol. The third-order valence-corrected chi connectivity index (χ3v) is 3.92. The molecule has 0 aliphatic carbocycles. The molecule has 1 fully saturated rings. The Balaban J connectivity index is 2.00.